The molecule has 1 saturated heterocycles. The maximum Gasteiger partial charge on any atom is 0.300 e. The monoisotopic (exact) mass is 417 g/mol. The van der Waals surface area contributed by atoms with Crippen LogP contribution < -0.4 is 14.4 Å². The van der Waals surface area contributed by atoms with Crippen LogP contribution in [0.25, 0.3) is 5.76 Å². The van der Waals surface area contributed by atoms with Gasteiger partial charge in [0.2, 0.25) is 6.79 Å². The van der Waals surface area contributed by atoms with E-state index >= 15 is 0 Å². The van der Waals surface area contributed by atoms with E-state index in [0.29, 0.717) is 28.3 Å². The van der Waals surface area contributed by atoms with Crippen molar-refractivity contribution in [2.45, 2.75) is 6.04 Å². The largest absolute Gasteiger partial charge is 0.507 e. The number of benzene rings is 3. The van der Waals surface area contributed by atoms with Gasteiger partial charge in [0.1, 0.15) is 11.6 Å². The highest BCUT2D eigenvalue weighted by molar-refractivity contribution is 6.51. The summed E-state index contributed by atoms with van der Waals surface area (Å²) in [6.45, 7) is 0.0704. The van der Waals surface area contributed by atoms with Crippen molar-refractivity contribution in [3.63, 3.8) is 0 Å². The number of amides is 1. The number of rotatable bonds is 3. The second kappa shape index (κ2) is 7.28. The normalized spacial score (nSPS) is 19.1. The summed E-state index contributed by atoms with van der Waals surface area (Å²) in [6, 6.07) is 17.9. The van der Waals surface area contributed by atoms with E-state index in [9.17, 15) is 19.1 Å². The topological polar surface area (TPSA) is 76.1 Å². The van der Waals surface area contributed by atoms with Crippen LogP contribution in [0, 0.1) is 5.82 Å². The Morgan fingerprint density at radius 1 is 0.935 bits per heavy atom. The van der Waals surface area contributed by atoms with Gasteiger partial charge in [-0.25, -0.2) is 4.39 Å². The molecule has 7 heteroatoms. The molecule has 0 aliphatic carbocycles. The highest BCUT2D eigenvalue weighted by Crippen LogP contribution is 2.44. The number of Topliss-reactive ketones (excluding diaryl/α,β-unsaturated/α-hetero) is 1. The summed E-state index contributed by atoms with van der Waals surface area (Å²) in [5.74, 6) is -1.37. The van der Waals surface area contributed by atoms with Crippen LogP contribution in [0.3, 0.4) is 0 Å². The lowest BCUT2D eigenvalue weighted by Gasteiger charge is -2.25. The first-order chi connectivity index (χ1) is 15.0. The number of carbonyl (C=O) groups is 2. The number of halogens is 1. The van der Waals surface area contributed by atoms with E-state index in [-0.39, 0.29) is 18.1 Å². The van der Waals surface area contributed by atoms with Crippen molar-refractivity contribution in [2.75, 3.05) is 11.7 Å². The van der Waals surface area contributed by atoms with Crippen molar-refractivity contribution in [2.24, 2.45) is 0 Å². The van der Waals surface area contributed by atoms with Crippen molar-refractivity contribution in [1.82, 2.24) is 0 Å². The summed E-state index contributed by atoms with van der Waals surface area (Å²) < 4.78 is 24.3. The van der Waals surface area contributed by atoms with E-state index in [1.807, 2.05) is 0 Å². The standard InChI is InChI=1S/C24H16FNO5/c25-16-7-9-17(10-8-16)26-21(15-6-11-18-19(12-15)31-13-30-18)20(23(28)24(26)29)22(27)14-4-2-1-3-5-14/h1-12,21,27H,13H2/t21-/m1/s1. The third kappa shape index (κ3) is 3.11. The van der Waals surface area contributed by atoms with Crippen LogP contribution in [0.4, 0.5) is 10.1 Å². The molecule has 0 spiro atoms. The van der Waals surface area contributed by atoms with Gasteiger partial charge in [0.15, 0.2) is 11.5 Å². The number of aliphatic hydroxyl groups is 1. The van der Waals surface area contributed by atoms with Gasteiger partial charge in [-0.2, -0.15) is 0 Å². The number of carbonyl (C=O) groups excluding carboxylic acids is 2. The van der Waals surface area contributed by atoms with Gasteiger partial charge in [0.05, 0.1) is 11.6 Å². The van der Waals surface area contributed by atoms with Crippen LogP contribution in [0.5, 0.6) is 11.5 Å². The number of ether oxygens (including phenoxy) is 2. The van der Waals surface area contributed by atoms with Gasteiger partial charge in [0, 0.05) is 11.3 Å². The first-order valence-electron chi connectivity index (χ1n) is 9.56. The molecule has 0 bridgehead atoms. The molecule has 1 atom stereocenters. The smallest absolute Gasteiger partial charge is 0.300 e. The second-order valence-corrected chi connectivity index (χ2v) is 7.12. The Labute approximate surface area is 176 Å². The number of ketones is 1. The molecule has 5 rings (SSSR count). The fourth-order valence-electron chi connectivity index (χ4n) is 3.85. The van der Waals surface area contributed by atoms with Gasteiger partial charge in [0.25, 0.3) is 11.7 Å². The molecular formula is C24H16FNO5. The molecule has 0 radical (unpaired) electrons. The summed E-state index contributed by atoms with van der Waals surface area (Å²) in [7, 11) is 0. The van der Waals surface area contributed by atoms with Crippen molar-refractivity contribution in [3.8, 4) is 11.5 Å². The van der Waals surface area contributed by atoms with E-state index < -0.39 is 23.5 Å². The zero-order chi connectivity index (χ0) is 21.5. The van der Waals surface area contributed by atoms with Crippen molar-refractivity contribution < 1.29 is 28.6 Å². The van der Waals surface area contributed by atoms with Gasteiger partial charge < -0.3 is 14.6 Å². The lowest BCUT2D eigenvalue weighted by Crippen LogP contribution is -2.29. The average Bonchev–Trinajstić information content (AvgIpc) is 3.37. The number of hydrogen-bond acceptors (Lipinski definition) is 5. The van der Waals surface area contributed by atoms with Crippen LogP contribution >= 0.6 is 0 Å². The predicted octanol–water partition coefficient (Wildman–Crippen LogP) is 4.18. The van der Waals surface area contributed by atoms with E-state index in [2.05, 4.69) is 0 Å². The fraction of sp³-hybridized carbons (Fsp3) is 0.0833. The van der Waals surface area contributed by atoms with Gasteiger partial charge in [-0.3, -0.25) is 14.5 Å². The van der Waals surface area contributed by atoms with Crippen molar-refractivity contribution in [3.05, 3.63) is 95.3 Å². The molecule has 154 valence electrons. The minimum atomic E-state index is -0.930. The molecule has 3 aromatic rings. The molecule has 2 aliphatic heterocycles. The first-order valence-corrected chi connectivity index (χ1v) is 9.56. The summed E-state index contributed by atoms with van der Waals surface area (Å²) in [5.41, 5.74) is 1.23. The van der Waals surface area contributed by atoms with E-state index in [1.165, 1.54) is 29.2 Å². The van der Waals surface area contributed by atoms with Crippen LogP contribution in [0.15, 0.2) is 78.4 Å². The van der Waals surface area contributed by atoms with Gasteiger partial charge in [-0.05, 0) is 42.0 Å². The number of anilines is 1. The predicted molar refractivity (Wildman–Crippen MR) is 110 cm³/mol. The SMILES string of the molecule is O=C1C(=O)N(c2ccc(F)cc2)[C@H](c2ccc3c(c2)OCO3)C1=C(O)c1ccccc1. The minimum absolute atomic E-state index is 0.0561. The fourth-order valence-corrected chi connectivity index (χ4v) is 3.85. The highest BCUT2D eigenvalue weighted by Gasteiger charge is 2.47. The third-order valence-electron chi connectivity index (χ3n) is 5.31. The number of aliphatic hydroxyl groups excluding tert-OH is 1. The molecular weight excluding hydrogens is 401 g/mol. The first kappa shape index (κ1) is 18.9. The summed E-state index contributed by atoms with van der Waals surface area (Å²) in [4.78, 5) is 27.3. The maximum absolute atomic E-state index is 13.5. The quantitative estimate of drug-likeness (QED) is 0.393. The molecule has 1 fully saturated rings. The summed E-state index contributed by atoms with van der Waals surface area (Å²) >= 11 is 0. The second-order valence-electron chi connectivity index (χ2n) is 7.12. The molecule has 0 saturated carbocycles. The van der Waals surface area contributed by atoms with Crippen LogP contribution in [0.1, 0.15) is 17.2 Å². The Bertz CT molecular complexity index is 1220. The molecule has 31 heavy (non-hydrogen) atoms. The zero-order valence-electron chi connectivity index (χ0n) is 16.1. The Kier molecular flexibility index (Phi) is 4.43. The zero-order valence-corrected chi connectivity index (χ0v) is 16.1. The summed E-state index contributed by atoms with van der Waals surface area (Å²) in [5, 5.41) is 11.0. The molecule has 3 aromatic carbocycles. The van der Waals surface area contributed by atoms with Gasteiger partial charge >= 0.3 is 0 Å². The minimum Gasteiger partial charge on any atom is -0.507 e. The maximum atomic E-state index is 13.5. The molecule has 0 unspecified atom stereocenters. The third-order valence-corrected chi connectivity index (χ3v) is 5.31. The molecule has 1 amide bonds. The van der Waals surface area contributed by atoms with E-state index in [0.717, 1.165) is 0 Å². The number of fused-ring (bicyclic) bond motifs is 1. The Hall–Kier alpha value is -4.13. The average molecular weight is 417 g/mol. The molecule has 2 aliphatic rings. The Morgan fingerprint density at radius 2 is 1.65 bits per heavy atom. The molecule has 6 nitrogen and oxygen atoms in total. The highest BCUT2D eigenvalue weighted by atomic mass is 19.1. The van der Waals surface area contributed by atoms with Gasteiger partial charge in [-0.15, -0.1) is 0 Å². The summed E-state index contributed by atoms with van der Waals surface area (Å²) in [6.07, 6.45) is 0. The van der Waals surface area contributed by atoms with Crippen LogP contribution in [-0.4, -0.2) is 23.6 Å². The van der Waals surface area contributed by atoms with E-state index in [1.54, 1.807) is 48.5 Å². The van der Waals surface area contributed by atoms with Crippen LogP contribution in [-0.2, 0) is 9.59 Å². The molecule has 1 N–H and O–H groups in total. The lowest BCUT2D eigenvalue weighted by molar-refractivity contribution is -0.132. The number of nitrogens with zero attached hydrogens (tertiary/aromatic N) is 1. The van der Waals surface area contributed by atoms with Crippen molar-refractivity contribution in [1.29, 1.82) is 0 Å². The van der Waals surface area contributed by atoms with Crippen molar-refractivity contribution >= 4 is 23.1 Å². The number of hydrogen-bond donors (Lipinski definition) is 1. The Balaban J connectivity index is 1.72. The van der Waals surface area contributed by atoms with E-state index in [4.69, 9.17) is 9.47 Å². The lowest BCUT2D eigenvalue weighted by atomic mass is 9.95. The Morgan fingerprint density at radius 3 is 2.39 bits per heavy atom. The molecule has 0 aromatic heterocycles. The van der Waals surface area contributed by atoms with Crippen LogP contribution in [0.2, 0.25) is 0 Å². The van der Waals surface area contributed by atoms with Gasteiger partial charge in [-0.1, -0.05) is 36.4 Å². The molecule has 2 heterocycles.